The average molecular weight is 297 g/mol. The minimum atomic E-state index is 0.302. The Labute approximate surface area is 124 Å². The molecule has 0 bridgehead atoms. The molecule has 110 valence electrons. The Morgan fingerprint density at radius 3 is 3.05 bits per heavy atom. The minimum Gasteiger partial charge on any atom is -0.376 e. The Hall–Kier alpha value is -1.33. The Morgan fingerprint density at radius 2 is 2.40 bits per heavy atom. The molecule has 0 aliphatic carbocycles. The maximum atomic E-state index is 5.76. The molecule has 0 radical (unpaired) electrons. The highest BCUT2D eigenvalue weighted by atomic mass is 35.5. The standard InChI is InChI=1S/C14H21ClN4O/c1-2-16-14(19-10-12-4-3-7-20-12)18-9-11-5-6-13(15)17-8-11/h5-6,8,12H,2-4,7,9-10H2,1H3,(H2,16,18,19). The van der Waals surface area contributed by atoms with Gasteiger partial charge in [-0.25, -0.2) is 9.98 Å². The van der Waals surface area contributed by atoms with E-state index >= 15 is 0 Å². The number of hydrogen-bond acceptors (Lipinski definition) is 3. The van der Waals surface area contributed by atoms with Gasteiger partial charge in [0.2, 0.25) is 0 Å². The van der Waals surface area contributed by atoms with Gasteiger partial charge < -0.3 is 15.4 Å². The van der Waals surface area contributed by atoms with Crippen LogP contribution in [-0.2, 0) is 11.3 Å². The lowest BCUT2D eigenvalue weighted by molar-refractivity contribution is 0.114. The lowest BCUT2D eigenvalue weighted by atomic mass is 10.2. The summed E-state index contributed by atoms with van der Waals surface area (Å²) in [5.74, 6) is 0.804. The molecule has 5 nitrogen and oxygen atoms in total. The summed E-state index contributed by atoms with van der Waals surface area (Å²) >= 11 is 5.76. The number of guanidine groups is 1. The summed E-state index contributed by atoms with van der Waals surface area (Å²) in [6.45, 7) is 5.12. The molecule has 2 heterocycles. The van der Waals surface area contributed by atoms with Gasteiger partial charge in [-0.1, -0.05) is 17.7 Å². The SMILES string of the molecule is CCNC(=NCc1ccc(Cl)nc1)NCC1CCCO1. The second-order valence-corrected chi connectivity index (χ2v) is 5.09. The van der Waals surface area contributed by atoms with Gasteiger partial charge in [0.05, 0.1) is 12.6 Å². The van der Waals surface area contributed by atoms with Gasteiger partial charge in [0, 0.05) is 25.9 Å². The van der Waals surface area contributed by atoms with Crippen molar-refractivity contribution in [2.45, 2.75) is 32.4 Å². The lowest BCUT2D eigenvalue weighted by Gasteiger charge is -2.14. The van der Waals surface area contributed by atoms with Gasteiger partial charge in [-0.15, -0.1) is 0 Å². The summed E-state index contributed by atoms with van der Waals surface area (Å²) in [7, 11) is 0. The van der Waals surface area contributed by atoms with Crippen LogP contribution in [0.3, 0.4) is 0 Å². The van der Waals surface area contributed by atoms with E-state index in [-0.39, 0.29) is 0 Å². The third-order valence-corrected chi connectivity index (χ3v) is 3.30. The fourth-order valence-electron chi connectivity index (χ4n) is 2.03. The summed E-state index contributed by atoms with van der Waals surface area (Å²) in [6, 6.07) is 3.71. The van der Waals surface area contributed by atoms with Crippen molar-refractivity contribution in [3.05, 3.63) is 29.0 Å². The number of hydrogen-bond donors (Lipinski definition) is 2. The van der Waals surface area contributed by atoms with E-state index in [1.54, 1.807) is 12.3 Å². The van der Waals surface area contributed by atoms with E-state index in [1.807, 2.05) is 13.0 Å². The highest BCUT2D eigenvalue weighted by Gasteiger charge is 2.15. The maximum absolute atomic E-state index is 5.76. The Kier molecular flexibility index (Phi) is 6.08. The van der Waals surface area contributed by atoms with Crippen molar-refractivity contribution in [3.63, 3.8) is 0 Å². The van der Waals surface area contributed by atoms with Crippen molar-refractivity contribution in [2.24, 2.45) is 4.99 Å². The van der Waals surface area contributed by atoms with Crippen LogP contribution in [0.2, 0.25) is 5.15 Å². The van der Waals surface area contributed by atoms with Gasteiger partial charge in [-0.2, -0.15) is 0 Å². The Bertz CT molecular complexity index is 429. The largest absolute Gasteiger partial charge is 0.376 e. The molecular formula is C14H21ClN4O. The third-order valence-electron chi connectivity index (χ3n) is 3.07. The predicted molar refractivity (Wildman–Crippen MR) is 81.0 cm³/mol. The van der Waals surface area contributed by atoms with Crippen molar-refractivity contribution < 1.29 is 4.74 Å². The van der Waals surface area contributed by atoms with Crippen LogP contribution in [0.15, 0.2) is 23.3 Å². The number of aromatic nitrogens is 1. The highest BCUT2D eigenvalue weighted by Crippen LogP contribution is 2.10. The number of nitrogens with zero attached hydrogens (tertiary/aromatic N) is 2. The maximum Gasteiger partial charge on any atom is 0.191 e. The molecule has 1 saturated heterocycles. The van der Waals surface area contributed by atoms with E-state index in [1.165, 1.54) is 0 Å². The molecule has 0 saturated carbocycles. The molecule has 1 atom stereocenters. The summed E-state index contributed by atoms with van der Waals surface area (Å²) < 4.78 is 5.59. The smallest absolute Gasteiger partial charge is 0.191 e. The van der Waals surface area contributed by atoms with Crippen molar-refractivity contribution in [1.82, 2.24) is 15.6 Å². The van der Waals surface area contributed by atoms with Crippen LogP contribution in [0.4, 0.5) is 0 Å². The van der Waals surface area contributed by atoms with Crippen molar-refractivity contribution in [2.75, 3.05) is 19.7 Å². The van der Waals surface area contributed by atoms with Crippen molar-refractivity contribution >= 4 is 17.6 Å². The van der Waals surface area contributed by atoms with E-state index < -0.39 is 0 Å². The molecule has 1 unspecified atom stereocenters. The first-order valence-electron chi connectivity index (χ1n) is 7.02. The summed E-state index contributed by atoms with van der Waals surface area (Å²) in [5.41, 5.74) is 1.03. The molecule has 2 rings (SSSR count). The van der Waals surface area contributed by atoms with Crippen LogP contribution in [-0.4, -0.2) is 36.7 Å². The molecule has 6 heteroatoms. The number of pyridine rings is 1. The lowest BCUT2D eigenvalue weighted by Crippen LogP contribution is -2.41. The second-order valence-electron chi connectivity index (χ2n) is 4.70. The summed E-state index contributed by atoms with van der Waals surface area (Å²) in [6.07, 6.45) is 4.32. The van der Waals surface area contributed by atoms with Gasteiger partial charge in [-0.05, 0) is 31.4 Å². The first kappa shape index (κ1) is 15.1. The zero-order chi connectivity index (χ0) is 14.2. The van der Waals surface area contributed by atoms with E-state index in [0.717, 1.165) is 44.1 Å². The molecule has 20 heavy (non-hydrogen) atoms. The number of halogens is 1. The molecule has 0 spiro atoms. The van der Waals surface area contributed by atoms with E-state index in [2.05, 4.69) is 20.6 Å². The molecule has 1 aromatic heterocycles. The fourth-order valence-corrected chi connectivity index (χ4v) is 2.14. The first-order chi connectivity index (χ1) is 9.78. The van der Waals surface area contributed by atoms with Crippen LogP contribution in [0.5, 0.6) is 0 Å². The van der Waals surface area contributed by atoms with Crippen LogP contribution >= 0.6 is 11.6 Å². The molecule has 0 aromatic carbocycles. The zero-order valence-corrected chi connectivity index (χ0v) is 12.5. The van der Waals surface area contributed by atoms with E-state index in [0.29, 0.717) is 17.8 Å². The third kappa shape index (κ3) is 4.98. The fraction of sp³-hybridized carbons (Fsp3) is 0.571. The van der Waals surface area contributed by atoms with Crippen LogP contribution in [0.1, 0.15) is 25.3 Å². The van der Waals surface area contributed by atoms with Crippen LogP contribution in [0.25, 0.3) is 0 Å². The van der Waals surface area contributed by atoms with Gasteiger partial charge in [0.15, 0.2) is 5.96 Å². The first-order valence-corrected chi connectivity index (χ1v) is 7.40. The highest BCUT2D eigenvalue weighted by molar-refractivity contribution is 6.29. The number of aliphatic imine (C=N–C) groups is 1. The Morgan fingerprint density at radius 1 is 1.50 bits per heavy atom. The number of nitrogens with one attached hydrogen (secondary N) is 2. The molecule has 1 fully saturated rings. The van der Waals surface area contributed by atoms with Crippen LogP contribution < -0.4 is 10.6 Å². The summed E-state index contributed by atoms with van der Waals surface area (Å²) in [4.78, 5) is 8.58. The Balaban J connectivity index is 1.85. The summed E-state index contributed by atoms with van der Waals surface area (Å²) in [5, 5.41) is 7.04. The zero-order valence-electron chi connectivity index (χ0n) is 11.7. The molecule has 1 aliphatic rings. The van der Waals surface area contributed by atoms with Gasteiger partial charge in [0.1, 0.15) is 5.15 Å². The second kappa shape index (κ2) is 8.07. The number of rotatable bonds is 5. The van der Waals surface area contributed by atoms with Crippen molar-refractivity contribution in [3.8, 4) is 0 Å². The van der Waals surface area contributed by atoms with E-state index in [9.17, 15) is 0 Å². The quantitative estimate of drug-likeness (QED) is 0.495. The van der Waals surface area contributed by atoms with Gasteiger partial charge in [0.25, 0.3) is 0 Å². The molecule has 0 amide bonds. The predicted octanol–water partition coefficient (Wildman–Crippen LogP) is 1.97. The van der Waals surface area contributed by atoms with Gasteiger partial charge in [-0.3, -0.25) is 0 Å². The average Bonchev–Trinajstić information content (AvgIpc) is 2.97. The van der Waals surface area contributed by atoms with E-state index in [4.69, 9.17) is 16.3 Å². The van der Waals surface area contributed by atoms with Gasteiger partial charge >= 0.3 is 0 Å². The molecule has 1 aromatic rings. The topological polar surface area (TPSA) is 58.5 Å². The number of ether oxygens (including phenoxy) is 1. The molecule has 1 aliphatic heterocycles. The van der Waals surface area contributed by atoms with Crippen LogP contribution in [0, 0.1) is 0 Å². The minimum absolute atomic E-state index is 0.302. The monoisotopic (exact) mass is 296 g/mol. The molecule has 2 N–H and O–H groups in total. The van der Waals surface area contributed by atoms with Crippen molar-refractivity contribution in [1.29, 1.82) is 0 Å². The normalized spacial score (nSPS) is 19.1. The molecular weight excluding hydrogens is 276 g/mol.